The van der Waals surface area contributed by atoms with E-state index >= 15 is 0 Å². The van der Waals surface area contributed by atoms with E-state index in [1.807, 2.05) is 29.2 Å². The maximum atomic E-state index is 13.4. The van der Waals surface area contributed by atoms with Crippen molar-refractivity contribution in [1.29, 1.82) is 0 Å². The molecule has 4 rings (SSSR count). The van der Waals surface area contributed by atoms with Crippen LogP contribution < -0.4 is 10.2 Å². The Bertz CT molecular complexity index is 613. The topological polar surface area (TPSA) is 35.6 Å². The molecule has 2 heterocycles. The highest BCUT2D eigenvalue weighted by molar-refractivity contribution is 5.92. The van der Waals surface area contributed by atoms with Crippen LogP contribution in [0.5, 0.6) is 0 Å². The highest BCUT2D eigenvalue weighted by Crippen LogP contribution is 2.58. The van der Waals surface area contributed by atoms with Gasteiger partial charge in [-0.1, -0.05) is 0 Å². The number of amides is 1. The lowest BCUT2D eigenvalue weighted by Crippen LogP contribution is -2.38. The smallest absolute Gasteiger partial charge is 0.255 e. The van der Waals surface area contributed by atoms with Crippen molar-refractivity contribution >= 4 is 17.3 Å². The lowest BCUT2D eigenvalue weighted by molar-refractivity contribution is -0.117. The second-order valence-electron chi connectivity index (χ2n) is 7.20. The molecule has 0 spiro atoms. The Morgan fingerprint density at radius 3 is 2.50 bits per heavy atom. The first-order valence-electron chi connectivity index (χ1n) is 8.79. The molecule has 1 saturated carbocycles. The molecule has 1 aliphatic carbocycles. The number of carbonyl (C=O) groups excluding carboxylic acids is 1. The van der Waals surface area contributed by atoms with Crippen molar-refractivity contribution in [3.05, 3.63) is 24.3 Å². The number of piperidine rings is 1. The molecular formula is C18H23F2N3O. The van der Waals surface area contributed by atoms with Crippen LogP contribution in [0.2, 0.25) is 0 Å². The first-order chi connectivity index (χ1) is 11.5. The summed E-state index contributed by atoms with van der Waals surface area (Å²) < 4.78 is 26.8. The summed E-state index contributed by atoms with van der Waals surface area (Å²) >= 11 is 0. The Balaban J connectivity index is 1.28. The average Bonchev–Trinajstić information content (AvgIpc) is 2.95. The maximum absolute atomic E-state index is 13.4. The number of nitrogens with one attached hydrogen (secondary N) is 1. The van der Waals surface area contributed by atoms with Gasteiger partial charge in [0.05, 0.1) is 6.54 Å². The summed E-state index contributed by atoms with van der Waals surface area (Å²) in [6.07, 6.45) is 2.96. The predicted molar refractivity (Wildman–Crippen MR) is 89.5 cm³/mol. The fourth-order valence-corrected chi connectivity index (χ4v) is 4.07. The second kappa shape index (κ2) is 5.99. The van der Waals surface area contributed by atoms with Gasteiger partial charge in [0.25, 0.3) is 5.92 Å². The number of nitrogens with zero attached hydrogens (tertiary/aromatic N) is 2. The average molecular weight is 335 g/mol. The summed E-state index contributed by atoms with van der Waals surface area (Å²) in [6.45, 7) is 3.28. The zero-order chi connectivity index (χ0) is 16.7. The third-order valence-corrected chi connectivity index (χ3v) is 5.57. The molecule has 130 valence electrons. The van der Waals surface area contributed by atoms with Crippen molar-refractivity contribution in [2.75, 3.05) is 42.9 Å². The maximum Gasteiger partial charge on any atom is 0.255 e. The van der Waals surface area contributed by atoms with E-state index in [0.29, 0.717) is 19.5 Å². The summed E-state index contributed by atoms with van der Waals surface area (Å²) in [6, 6.07) is 7.87. The number of rotatable bonds is 4. The molecule has 3 fully saturated rings. The van der Waals surface area contributed by atoms with Gasteiger partial charge in [0.1, 0.15) is 0 Å². The van der Waals surface area contributed by atoms with Crippen LogP contribution >= 0.6 is 0 Å². The van der Waals surface area contributed by atoms with Crippen molar-refractivity contribution in [2.45, 2.75) is 25.2 Å². The van der Waals surface area contributed by atoms with E-state index < -0.39 is 17.8 Å². The molecule has 1 aromatic rings. The molecule has 2 aliphatic heterocycles. The van der Waals surface area contributed by atoms with Gasteiger partial charge in [-0.15, -0.1) is 0 Å². The SMILES string of the molecule is O=C(CN1CC[C@H]2[C@@H](C1)C2(F)F)Nc1ccc(N2CCCC2)cc1. The highest BCUT2D eigenvalue weighted by Gasteiger charge is 2.68. The molecule has 2 atom stereocenters. The van der Waals surface area contributed by atoms with Crippen molar-refractivity contribution in [1.82, 2.24) is 4.90 Å². The van der Waals surface area contributed by atoms with E-state index in [1.165, 1.54) is 18.5 Å². The Morgan fingerprint density at radius 1 is 1.12 bits per heavy atom. The standard InChI is InChI=1S/C18H23F2N3O/c19-18(20)15-7-10-22(11-16(15)18)12-17(24)21-13-3-5-14(6-4-13)23-8-1-2-9-23/h3-6,15-16H,1-2,7-12H2,(H,21,24)/t15-,16+/m0/s1. The van der Waals surface area contributed by atoms with E-state index in [9.17, 15) is 13.6 Å². The molecule has 1 aromatic carbocycles. The zero-order valence-electron chi connectivity index (χ0n) is 13.7. The minimum Gasteiger partial charge on any atom is -0.372 e. The van der Waals surface area contributed by atoms with Crippen LogP contribution in [0.15, 0.2) is 24.3 Å². The number of hydrogen-bond acceptors (Lipinski definition) is 3. The van der Waals surface area contributed by atoms with Gasteiger partial charge in [-0.2, -0.15) is 0 Å². The van der Waals surface area contributed by atoms with Gasteiger partial charge in [0, 0.05) is 42.8 Å². The molecule has 24 heavy (non-hydrogen) atoms. The number of fused-ring (bicyclic) bond motifs is 1. The van der Waals surface area contributed by atoms with E-state index in [0.717, 1.165) is 18.8 Å². The monoisotopic (exact) mass is 335 g/mol. The molecule has 0 aromatic heterocycles. The molecule has 0 bridgehead atoms. The number of benzene rings is 1. The Morgan fingerprint density at radius 2 is 1.83 bits per heavy atom. The van der Waals surface area contributed by atoms with E-state index in [1.54, 1.807) is 0 Å². The van der Waals surface area contributed by atoms with Crippen molar-refractivity contribution in [3.63, 3.8) is 0 Å². The zero-order valence-corrected chi connectivity index (χ0v) is 13.7. The Labute approximate surface area is 140 Å². The van der Waals surface area contributed by atoms with Crippen LogP contribution in [0, 0.1) is 11.8 Å². The van der Waals surface area contributed by atoms with E-state index in [4.69, 9.17) is 0 Å². The molecule has 1 N–H and O–H groups in total. The summed E-state index contributed by atoms with van der Waals surface area (Å²) in [4.78, 5) is 16.3. The fourth-order valence-electron chi connectivity index (χ4n) is 4.07. The Kier molecular flexibility index (Phi) is 3.95. The van der Waals surface area contributed by atoms with Crippen molar-refractivity contribution in [2.24, 2.45) is 11.8 Å². The van der Waals surface area contributed by atoms with Crippen LogP contribution in [-0.4, -0.2) is 49.5 Å². The van der Waals surface area contributed by atoms with Crippen LogP contribution in [-0.2, 0) is 4.79 Å². The third-order valence-electron chi connectivity index (χ3n) is 5.57. The van der Waals surface area contributed by atoms with Crippen LogP contribution in [0.25, 0.3) is 0 Å². The number of alkyl halides is 2. The van der Waals surface area contributed by atoms with Crippen molar-refractivity contribution < 1.29 is 13.6 Å². The van der Waals surface area contributed by atoms with E-state index in [-0.39, 0.29) is 12.5 Å². The number of carbonyl (C=O) groups is 1. The number of hydrogen-bond donors (Lipinski definition) is 1. The molecule has 6 heteroatoms. The van der Waals surface area contributed by atoms with Crippen molar-refractivity contribution in [3.8, 4) is 0 Å². The van der Waals surface area contributed by atoms with Gasteiger partial charge in [-0.05, 0) is 50.1 Å². The lowest BCUT2D eigenvalue weighted by Gasteiger charge is -2.24. The predicted octanol–water partition coefficient (Wildman–Crippen LogP) is 2.81. The van der Waals surface area contributed by atoms with Gasteiger partial charge in [0.2, 0.25) is 5.91 Å². The molecule has 0 radical (unpaired) electrons. The minimum atomic E-state index is -2.50. The minimum absolute atomic E-state index is 0.133. The largest absolute Gasteiger partial charge is 0.372 e. The van der Waals surface area contributed by atoms with E-state index in [2.05, 4.69) is 10.2 Å². The van der Waals surface area contributed by atoms with Gasteiger partial charge in [-0.25, -0.2) is 8.78 Å². The molecule has 3 aliphatic rings. The molecule has 0 unspecified atom stereocenters. The third kappa shape index (κ3) is 2.99. The Hall–Kier alpha value is -1.69. The fraction of sp³-hybridized carbons (Fsp3) is 0.611. The lowest BCUT2D eigenvalue weighted by atomic mass is 10.1. The molecule has 1 amide bonds. The molecule has 2 saturated heterocycles. The van der Waals surface area contributed by atoms with Crippen LogP contribution in [0.4, 0.5) is 20.2 Å². The first-order valence-corrected chi connectivity index (χ1v) is 8.79. The number of anilines is 2. The second-order valence-corrected chi connectivity index (χ2v) is 7.20. The molecular weight excluding hydrogens is 312 g/mol. The van der Waals surface area contributed by atoms with Crippen LogP contribution in [0.1, 0.15) is 19.3 Å². The van der Waals surface area contributed by atoms with Gasteiger partial charge in [-0.3, -0.25) is 9.69 Å². The summed E-state index contributed by atoms with van der Waals surface area (Å²) in [5.74, 6) is -3.63. The summed E-state index contributed by atoms with van der Waals surface area (Å²) in [7, 11) is 0. The summed E-state index contributed by atoms with van der Waals surface area (Å²) in [5, 5.41) is 2.87. The normalized spacial score (nSPS) is 28.5. The highest BCUT2D eigenvalue weighted by atomic mass is 19.3. The summed E-state index contributed by atoms with van der Waals surface area (Å²) in [5.41, 5.74) is 1.94. The van der Waals surface area contributed by atoms with Gasteiger partial charge >= 0.3 is 0 Å². The van der Waals surface area contributed by atoms with Crippen LogP contribution in [0.3, 0.4) is 0 Å². The number of halogens is 2. The molecule has 4 nitrogen and oxygen atoms in total. The van der Waals surface area contributed by atoms with Gasteiger partial charge < -0.3 is 10.2 Å². The quantitative estimate of drug-likeness (QED) is 0.919. The van der Waals surface area contributed by atoms with Gasteiger partial charge in [0.15, 0.2) is 0 Å². The first kappa shape index (κ1) is 15.8. The number of likely N-dealkylation sites (tertiary alicyclic amines) is 1.